The number of hydrogen-bond donors (Lipinski definition) is 1. The molecule has 0 bridgehead atoms. The van der Waals surface area contributed by atoms with Gasteiger partial charge in [-0.25, -0.2) is 17.7 Å². The predicted octanol–water partition coefficient (Wildman–Crippen LogP) is 3.78. The highest BCUT2D eigenvalue weighted by molar-refractivity contribution is 7.84. The number of nitrogens with one attached hydrogen (secondary N) is 1. The largest absolute Gasteiger partial charge is 0.252 e. The average Bonchev–Trinajstić information content (AvgIpc) is 2.32. The van der Waals surface area contributed by atoms with Crippen molar-refractivity contribution in [3.8, 4) is 6.07 Å². The lowest BCUT2D eigenvalue weighted by Gasteiger charge is -2.34. The highest BCUT2D eigenvalue weighted by Crippen LogP contribution is 2.42. The molecule has 0 radical (unpaired) electrons. The van der Waals surface area contributed by atoms with Crippen molar-refractivity contribution in [2.75, 3.05) is 0 Å². The van der Waals surface area contributed by atoms with Crippen LogP contribution in [0.1, 0.15) is 60.8 Å². The van der Waals surface area contributed by atoms with Crippen LogP contribution in [0.3, 0.4) is 0 Å². The van der Waals surface area contributed by atoms with Crippen LogP contribution in [-0.2, 0) is 11.0 Å². The Balaban J connectivity index is 4.63. The highest BCUT2D eigenvalue weighted by Gasteiger charge is 2.44. The molecule has 0 fully saturated rings. The minimum atomic E-state index is -2.77. The summed E-state index contributed by atoms with van der Waals surface area (Å²) in [6, 6.07) is 1.32. The molecule has 0 heterocycles. The second kappa shape index (κ2) is 6.95. The molecule has 0 aromatic carbocycles. The highest BCUT2D eigenvalue weighted by atomic mass is 32.2. The quantitative estimate of drug-likeness (QED) is 0.778. The van der Waals surface area contributed by atoms with Gasteiger partial charge >= 0.3 is 0 Å². The number of rotatable bonds is 7. The van der Waals surface area contributed by atoms with Crippen molar-refractivity contribution in [3.05, 3.63) is 0 Å². The van der Waals surface area contributed by atoms with Gasteiger partial charge < -0.3 is 0 Å². The van der Waals surface area contributed by atoms with Gasteiger partial charge in [0.25, 0.3) is 5.92 Å². The minimum Gasteiger partial charge on any atom is -0.242 e. The first-order chi connectivity index (χ1) is 8.87. The Morgan fingerprint density at radius 3 is 2.10 bits per heavy atom. The molecule has 118 valence electrons. The molecule has 0 aliphatic heterocycles. The van der Waals surface area contributed by atoms with Crippen molar-refractivity contribution in [1.29, 1.82) is 5.26 Å². The molecule has 0 aliphatic rings. The molecule has 0 spiro atoms. The van der Waals surface area contributed by atoms with E-state index < -0.39 is 33.1 Å². The van der Waals surface area contributed by atoms with Crippen LogP contribution in [0.5, 0.6) is 0 Å². The van der Waals surface area contributed by atoms with Crippen LogP contribution in [0.4, 0.5) is 8.78 Å². The van der Waals surface area contributed by atoms with Gasteiger partial charge in [0.2, 0.25) is 0 Å². The first-order valence-electron chi connectivity index (χ1n) is 6.83. The van der Waals surface area contributed by atoms with Crippen molar-refractivity contribution in [2.24, 2.45) is 5.41 Å². The molecule has 0 aromatic rings. The molecule has 0 rings (SSSR count). The van der Waals surface area contributed by atoms with Crippen LogP contribution in [0, 0.1) is 16.7 Å². The molecule has 6 heteroatoms. The van der Waals surface area contributed by atoms with Crippen LogP contribution in [0.2, 0.25) is 0 Å². The number of nitriles is 1. The molecule has 0 saturated heterocycles. The van der Waals surface area contributed by atoms with Crippen molar-refractivity contribution in [2.45, 2.75) is 77.5 Å². The number of nitrogens with zero attached hydrogens (tertiary/aromatic N) is 1. The maximum absolute atomic E-state index is 13.8. The molecule has 3 nitrogen and oxygen atoms in total. The van der Waals surface area contributed by atoms with Crippen molar-refractivity contribution < 1.29 is 13.0 Å². The van der Waals surface area contributed by atoms with Crippen LogP contribution in [0.15, 0.2) is 0 Å². The zero-order chi connectivity index (χ0) is 16.2. The zero-order valence-electron chi connectivity index (χ0n) is 13.2. The van der Waals surface area contributed by atoms with E-state index in [1.807, 2.05) is 6.07 Å². The molecule has 2 atom stereocenters. The summed E-state index contributed by atoms with van der Waals surface area (Å²) in [6.07, 6.45) is 0.222. The fourth-order valence-corrected chi connectivity index (χ4v) is 2.40. The number of hydrogen-bond acceptors (Lipinski definition) is 2. The molecule has 0 aliphatic carbocycles. The van der Waals surface area contributed by atoms with E-state index in [4.69, 9.17) is 5.26 Å². The summed E-state index contributed by atoms with van der Waals surface area (Å²) in [5.41, 5.74) is -1.18. The molecule has 0 amide bonds. The predicted molar refractivity (Wildman–Crippen MR) is 78.7 cm³/mol. The van der Waals surface area contributed by atoms with Gasteiger partial charge in [-0.05, 0) is 33.6 Å². The Bertz CT molecular complexity index is 384. The third kappa shape index (κ3) is 5.45. The van der Waals surface area contributed by atoms with Crippen LogP contribution in [-0.4, -0.2) is 20.9 Å². The van der Waals surface area contributed by atoms with Gasteiger partial charge in [-0.15, -0.1) is 0 Å². The summed E-state index contributed by atoms with van der Waals surface area (Å²) in [6.45, 7) is 9.84. The van der Waals surface area contributed by atoms with E-state index in [9.17, 15) is 13.0 Å². The van der Waals surface area contributed by atoms with Gasteiger partial charge in [0.1, 0.15) is 6.04 Å². The van der Waals surface area contributed by atoms with Gasteiger partial charge in [-0.3, -0.25) is 0 Å². The van der Waals surface area contributed by atoms with Gasteiger partial charge in [-0.1, -0.05) is 20.8 Å². The number of alkyl halides is 2. The second-order valence-electron chi connectivity index (χ2n) is 6.66. The molecule has 20 heavy (non-hydrogen) atoms. The molecule has 0 unspecified atom stereocenters. The van der Waals surface area contributed by atoms with Gasteiger partial charge in [0.05, 0.1) is 21.8 Å². The minimum absolute atomic E-state index is 0.195. The van der Waals surface area contributed by atoms with E-state index in [0.29, 0.717) is 0 Å². The zero-order valence-corrected chi connectivity index (χ0v) is 14.0. The number of halogens is 2. The van der Waals surface area contributed by atoms with E-state index in [2.05, 4.69) is 4.72 Å². The summed E-state index contributed by atoms with van der Waals surface area (Å²) in [5, 5.41) is 9.06. The lowest BCUT2D eigenvalue weighted by atomic mass is 9.79. The SMILES string of the molecule is CCC(F)(F)C(C)(C)CC[C@@H](C#N)N[S@@](=O)C(C)(C)C. The monoisotopic (exact) mass is 308 g/mol. The average molecular weight is 308 g/mol. The molecule has 0 saturated carbocycles. The first-order valence-corrected chi connectivity index (χ1v) is 7.98. The standard InChI is InChI=1S/C14H26F2N2OS/c1-7-14(15,16)13(5,6)9-8-11(10-17)18-20(19)12(2,3)4/h11,18H,7-9H2,1-6H3/t11-,20-/m0/s1. The third-order valence-electron chi connectivity index (χ3n) is 3.45. The third-order valence-corrected chi connectivity index (χ3v) is 5.06. The maximum atomic E-state index is 13.8. The van der Waals surface area contributed by atoms with Gasteiger partial charge in [0.15, 0.2) is 0 Å². The summed E-state index contributed by atoms with van der Waals surface area (Å²) in [5.74, 6) is -2.77. The van der Waals surface area contributed by atoms with E-state index in [-0.39, 0.29) is 19.3 Å². The molecular formula is C14H26F2N2OS. The Kier molecular flexibility index (Phi) is 6.76. The fourth-order valence-electron chi connectivity index (χ4n) is 1.62. The Labute approximate surface area is 123 Å². The van der Waals surface area contributed by atoms with Gasteiger partial charge in [-0.2, -0.15) is 5.26 Å². The summed E-state index contributed by atoms with van der Waals surface area (Å²) in [7, 11) is -1.38. The van der Waals surface area contributed by atoms with Crippen molar-refractivity contribution >= 4 is 11.0 Å². The van der Waals surface area contributed by atoms with Crippen LogP contribution in [0.25, 0.3) is 0 Å². The van der Waals surface area contributed by atoms with Crippen molar-refractivity contribution in [1.82, 2.24) is 4.72 Å². The molecule has 0 aromatic heterocycles. The van der Waals surface area contributed by atoms with E-state index in [1.54, 1.807) is 20.8 Å². The first kappa shape index (κ1) is 19.5. The van der Waals surface area contributed by atoms with Crippen LogP contribution < -0.4 is 4.72 Å². The van der Waals surface area contributed by atoms with Gasteiger partial charge in [0, 0.05) is 11.8 Å². The summed E-state index contributed by atoms with van der Waals surface area (Å²) >= 11 is 0. The summed E-state index contributed by atoms with van der Waals surface area (Å²) < 4.78 is 41.7. The Morgan fingerprint density at radius 2 is 1.75 bits per heavy atom. The van der Waals surface area contributed by atoms with E-state index in [0.717, 1.165) is 0 Å². The van der Waals surface area contributed by atoms with Crippen molar-refractivity contribution in [3.63, 3.8) is 0 Å². The summed E-state index contributed by atoms with van der Waals surface area (Å²) in [4.78, 5) is 0. The molecule has 1 N–H and O–H groups in total. The van der Waals surface area contributed by atoms with Crippen LogP contribution >= 0.6 is 0 Å². The Morgan fingerprint density at radius 1 is 1.25 bits per heavy atom. The Hall–Kier alpha value is -0.540. The topological polar surface area (TPSA) is 52.9 Å². The smallest absolute Gasteiger partial charge is 0.242 e. The lowest BCUT2D eigenvalue weighted by Crippen LogP contribution is -2.41. The fraction of sp³-hybridized carbons (Fsp3) is 0.929. The second-order valence-corrected chi connectivity index (χ2v) is 8.66. The maximum Gasteiger partial charge on any atom is 0.252 e. The lowest BCUT2D eigenvalue weighted by molar-refractivity contribution is -0.112. The van der Waals surface area contributed by atoms with E-state index in [1.165, 1.54) is 20.8 Å². The normalized spacial score (nSPS) is 16.6. The molecular weight excluding hydrogens is 282 g/mol. The van der Waals surface area contributed by atoms with E-state index >= 15 is 0 Å².